The van der Waals surface area contributed by atoms with E-state index in [4.69, 9.17) is 14.2 Å². The fourth-order valence-electron chi connectivity index (χ4n) is 3.07. The minimum absolute atomic E-state index is 0.297. The molecule has 0 saturated heterocycles. The van der Waals surface area contributed by atoms with Crippen LogP contribution in [0.3, 0.4) is 0 Å². The molecule has 0 amide bonds. The highest BCUT2D eigenvalue weighted by Gasteiger charge is 2.41. The third-order valence-corrected chi connectivity index (χ3v) is 4.69. The molecule has 1 unspecified atom stereocenters. The van der Waals surface area contributed by atoms with Gasteiger partial charge in [0.2, 0.25) is 0 Å². The third-order valence-electron chi connectivity index (χ3n) is 4.13. The molecule has 0 bridgehead atoms. The lowest BCUT2D eigenvalue weighted by molar-refractivity contribution is -0.403. The zero-order valence-corrected chi connectivity index (χ0v) is 17.5. The molecule has 3 nitrogen and oxygen atoms in total. The number of rotatable bonds is 17. The van der Waals surface area contributed by atoms with Gasteiger partial charge in [0.15, 0.2) is 0 Å². The van der Waals surface area contributed by atoms with Gasteiger partial charge in [-0.05, 0) is 40.0 Å². The summed E-state index contributed by atoms with van der Waals surface area (Å²) in [5, 5.41) is 1.01. The fourth-order valence-corrected chi connectivity index (χ4v) is 3.40. The van der Waals surface area contributed by atoms with Crippen molar-refractivity contribution in [1.29, 1.82) is 0 Å². The second-order valence-electron chi connectivity index (χ2n) is 5.99. The first-order valence-electron chi connectivity index (χ1n) is 9.68. The van der Waals surface area contributed by atoms with Crippen molar-refractivity contribution in [3.63, 3.8) is 0 Å². The molecule has 140 valence electrons. The molecular formula is C19H39BrO3. The largest absolute Gasteiger partial charge is 0.328 e. The molecule has 0 N–H and O–H groups in total. The molecular weight excluding hydrogens is 356 g/mol. The fraction of sp³-hybridized carbons (Fsp3) is 1.00. The molecule has 0 rings (SSSR count). The molecule has 0 aliphatic rings. The smallest absolute Gasteiger partial charge is 0.285 e. The number of hydrogen-bond acceptors (Lipinski definition) is 3. The molecule has 0 aromatic rings. The Morgan fingerprint density at radius 2 is 1.17 bits per heavy atom. The molecule has 0 heterocycles. The second kappa shape index (κ2) is 15.9. The first-order valence-corrected chi connectivity index (χ1v) is 10.8. The summed E-state index contributed by atoms with van der Waals surface area (Å²) < 4.78 is 18.0. The average Bonchev–Trinajstić information content (AvgIpc) is 2.54. The maximum atomic E-state index is 6.01. The van der Waals surface area contributed by atoms with Crippen molar-refractivity contribution >= 4 is 15.9 Å². The summed E-state index contributed by atoms with van der Waals surface area (Å²) in [7, 11) is 0. The van der Waals surface area contributed by atoms with Crippen LogP contribution in [-0.2, 0) is 14.2 Å². The van der Waals surface area contributed by atoms with Gasteiger partial charge in [0.25, 0.3) is 5.97 Å². The van der Waals surface area contributed by atoms with Crippen molar-refractivity contribution in [1.82, 2.24) is 0 Å². The highest BCUT2D eigenvalue weighted by molar-refractivity contribution is 9.09. The van der Waals surface area contributed by atoms with E-state index in [-0.39, 0.29) is 0 Å². The molecule has 0 fully saturated rings. The number of hydrogen-bond donors (Lipinski definition) is 0. The van der Waals surface area contributed by atoms with E-state index in [1.807, 2.05) is 20.8 Å². The lowest BCUT2D eigenvalue weighted by atomic mass is 9.93. The zero-order chi connectivity index (χ0) is 17.4. The Bertz CT molecular complexity index is 232. The third kappa shape index (κ3) is 10.1. The van der Waals surface area contributed by atoms with E-state index in [1.54, 1.807) is 0 Å². The Kier molecular flexibility index (Phi) is 16.1. The first kappa shape index (κ1) is 23.4. The van der Waals surface area contributed by atoms with E-state index in [0.717, 1.165) is 24.6 Å². The standard InChI is InChI=1S/C19H39BrO3/c1-5-9-10-11-12-13-15-18(16-14-17-20)19(21-6-2,22-7-3)23-8-4/h18H,5-17H2,1-4H3. The molecule has 0 saturated carbocycles. The van der Waals surface area contributed by atoms with Crippen LogP contribution in [0.15, 0.2) is 0 Å². The molecule has 0 radical (unpaired) electrons. The summed E-state index contributed by atoms with van der Waals surface area (Å²) in [6.45, 7) is 10.1. The summed E-state index contributed by atoms with van der Waals surface area (Å²) in [6.07, 6.45) is 11.2. The SMILES string of the molecule is CCCCCCCCC(CCCBr)C(OCC)(OCC)OCC. The summed E-state index contributed by atoms with van der Waals surface area (Å²) in [5.41, 5.74) is 0. The van der Waals surface area contributed by atoms with E-state index >= 15 is 0 Å². The predicted octanol–water partition coefficient (Wildman–Crippen LogP) is 6.29. The second-order valence-corrected chi connectivity index (χ2v) is 6.78. The van der Waals surface area contributed by atoms with E-state index in [1.165, 1.54) is 38.5 Å². The van der Waals surface area contributed by atoms with Gasteiger partial charge in [-0.2, -0.15) is 0 Å². The Hall–Kier alpha value is 0.360. The van der Waals surface area contributed by atoms with Crippen molar-refractivity contribution in [2.24, 2.45) is 5.92 Å². The van der Waals surface area contributed by atoms with Crippen LogP contribution < -0.4 is 0 Å². The molecule has 0 aliphatic carbocycles. The Morgan fingerprint density at radius 3 is 1.65 bits per heavy atom. The van der Waals surface area contributed by atoms with Crippen molar-refractivity contribution in [2.45, 2.75) is 91.5 Å². The van der Waals surface area contributed by atoms with Gasteiger partial charge in [-0.3, -0.25) is 0 Å². The summed E-state index contributed by atoms with van der Waals surface area (Å²) in [4.78, 5) is 0. The van der Waals surface area contributed by atoms with Gasteiger partial charge in [-0.25, -0.2) is 0 Å². The van der Waals surface area contributed by atoms with Crippen LogP contribution in [0.5, 0.6) is 0 Å². The molecule has 23 heavy (non-hydrogen) atoms. The van der Waals surface area contributed by atoms with Crippen LogP contribution >= 0.6 is 15.9 Å². The quantitative estimate of drug-likeness (QED) is 0.165. The van der Waals surface area contributed by atoms with Gasteiger partial charge < -0.3 is 14.2 Å². The van der Waals surface area contributed by atoms with E-state index in [9.17, 15) is 0 Å². The number of ether oxygens (including phenoxy) is 3. The minimum atomic E-state index is -0.857. The normalized spacial score (nSPS) is 13.4. The molecule has 0 aromatic carbocycles. The Labute approximate surface area is 153 Å². The van der Waals surface area contributed by atoms with Crippen LogP contribution in [-0.4, -0.2) is 31.1 Å². The highest BCUT2D eigenvalue weighted by atomic mass is 79.9. The van der Waals surface area contributed by atoms with Gasteiger partial charge in [0.1, 0.15) is 0 Å². The molecule has 0 aliphatic heterocycles. The monoisotopic (exact) mass is 394 g/mol. The maximum absolute atomic E-state index is 6.01. The van der Waals surface area contributed by atoms with E-state index in [2.05, 4.69) is 22.9 Å². The number of unbranched alkanes of at least 4 members (excludes halogenated alkanes) is 5. The van der Waals surface area contributed by atoms with Gasteiger partial charge in [-0.15, -0.1) is 0 Å². The van der Waals surface area contributed by atoms with Crippen LogP contribution in [0.25, 0.3) is 0 Å². The summed E-state index contributed by atoms with van der Waals surface area (Å²) >= 11 is 3.55. The summed E-state index contributed by atoms with van der Waals surface area (Å²) in [5.74, 6) is -0.560. The maximum Gasteiger partial charge on any atom is 0.285 e. The zero-order valence-electron chi connectivity index (χ0n) is 15.9. The van der Waals surface area contributed by atoms with Crippen molar-refractivity contribution < 1.29 is 14.2 Å². The molecule has 0 spiro atoms. The average molecular weight is 395 g/mol. The molecule has 4 heteroatoms. The van der Waals surface area contributed by atoms with Crippen molar-refractivity contribution in [3.05, 3.63) is 0 Å². The predicted molar refractivity (Wildman–Crippen MR) is 102 cm³/mol. The van der Waals surface area contributed by atoms with E-state index in [0.29, 0.717) is 25.7 Å². The Morgan fingerprint density at radius 1 is 0.696 bits per heavy atom. The van der Waals surface area contributed by atoms with E-state index < -0.39 is 5.97 Å². The highest BCUT2D eigenvalue weighted by Crippen LogP contribution is 2.34. The number of halogens is 1. The molecule has 0 aromatic heterocycles. The topological polar surface area (TPSA) is 27.7 Å². The lowest BCUT2D eigenvalue weighted by Crippen LogP contribution is -2.46. The van der Waals surface area contributed by atoms with Gasteiger partial charge >= 0.3 is 0 Å². The summed E-state index contributed by atoms with van der Waals surface area (Å²) in [6, 6.07) is 0. The minimum Gasteiger partial charge on any atom is -0.328 e. The van der Waals surface area contributed by atoms with Crippen molar-refractivity contribution in [3.8, 4) is 0 Å². The van der Waals surface area contributed by atoms with Gasteiger partial charge in [0, 0.05) is 31.1 Å². The van der Waals surface area contributed by atoms with Crippen LogP contribution in [0.2, 0.25) is 0 Å². The van der Waals surface area contributed by atoms with Gasteiger partial charge in [-0.1, -0.05) is 61.4 Å². The first-order chi connectivity index (χ1) is 11.2. The van der Waals surface area contributed by atoms with Crippen LogP contribution in [0.1, 0.15) is 85.5 Å². The van der Waals surface area contributed by atoms with Crippen LogP contribution in [0.4, 0.5) is 0 Å². The van der Waals surface area contributed by atoms with Crippen LogP contribution in [0, 0.1) is 5.92 Å². The number of alkyl halides is 1. The van der Waals surface area contributed by atoms with Gasteiger partial charge in [0.05, 0.1) is 0 Å². The molecule has 1 atom stereocenters. The lowest BCUT2D eigenvalue weighted by Gasteiger charge is -2.39. The van der Waals surface area contributed by atoms with Crippen molar-refractivity contribution in [2.75, 3.05) is 25.2 Å². The Balaban J connectivity index is 4.68.